The Kier molecular flexibility index (Phi) is 2.90. The molecule has 0 N–H and O–H groups in total. The lowest BCUT2D eigenvalue weighted by molar-refractivity contribution is 0.101. The number of hydrogen-bond donors (Lipinski definition) is 0. The van der Waals surface area contributed by atoms with E-state index in [0.717, 1.165) is 41.0 Å². The Bertz CT molecular complexity index is 563. The van der Waals surface area contributed by atoms with Crippen LogP contribution < -0.4 is 9.47 Å². The van der Waals surface area contributed by atoms with Crippen LogP contribution in [0.5, 0.6) is 11.5 Å². The molecular weight excluding hydrogens is 242 g/mol. The SMILES string of the molecule is CC(=O)c1c2c(c(CCC#N)c3c1OCC3)OCC2. The first-order valence-corrected chi connectivity index (χ1v) is 6.58. The van der Waals surface area contributed by atoms with E-state index in [2.05, 4.69) is 6.07 Å². The lowest BCUT2D eigenvalue weighted by atomic mass is 9.90. The second kappa shape index (κ2) is 4.58. The normalized spacial score (nSPS) is 15.2. The number of Topliss-reactive ketones (excluding diaryl/α,β-unsaturated/α-hetero) is 1. The first-order chi connectivity index (χ1) is 9.24. The maximum absolute atomic E-state index is 11.9. The zero-order valence-corrected chi connectivity index (χ0v) is 10.9. The van der Waals surface area contributed by atoms with Crippen LogP contribution in [0.4, 0.5) is 0 Å². The van der Waals surface area contributed by atoms with E-state index in [4.69, 9.17) is 14.7 Å². The summed E-state index contributed by atoms with van der Waals surface area (Å²) < 4.78 is 11.4. The number of fused-ring (bicyclic) bond motifs is 2. The third-order valence-corrected chi connectivity index (χ3v) is 3.75. The summed E-state index contributed by atoms with van der Waals surface area (Å²) in [6.07, 6.45) is 2.68. The average Bonchev–Trinajstić information content (AvgIpc) is 3.01. The van der Waals surface area contributed by atoms with Crippen LogP contribution in [-0.2, 0) is 19.3 Å². The van der Waals surface area contributed by atoms with Crippen LogP contribution in [0.3, 0.4) is 0 Å². The standard InChI is InChI=1S/C15H15NO3/c1-9(17)13-12-5-8-18-14(12)10(3-2-6-16)11-4-7-19-15(11)13/h2-5,7-8H2,1H3. The van der Waals surface area contributed by atoms with Gasteiger partial charge in [-0.3, -0.25) is 4.79 Å². The molecule has 98 valence electrons. The summed E-state index contributed by atoms with van der Waals surface area (Å²) in [5.74, 6) is 1.61. The first-order valence-electron chi connectivity index (χ1n) is 6.58. The Morgan fingerprint density at radius 2 is 1.89 bits per heavy atom. The Labute approximate surface area is 111 Å². The van der Waals surface area contributed by atoms with E-state index < -0.39 is 0 Å². The van der Waals surface area contributed by atoms with E-state index >= 15 is 0 Å². The van der Waals surface area contributed by atoms with Gasteiger partial charge in [-0.2, -0.15) is 5.26 Å². The molecule has 2 heterocycles. The summed E-state index contributed by atoms with van der Waals surface area (Å²) in [5.41, 5.74) is 3.81. The molecule has 0 bridgehead atoms. The van der Waals surface area contributed by atoms with Crippen molar-refractivity contribution in [2.24, 2.45) is 0 Å². The van der Waals surface area contributed by atoms with Crippen molar-refractivity contribution < 1.29 is 14.3 Å². The molecule has 4 heteroatoms. The summed E-state index contributed by atoms with van der Waals surface area (Å²) in [7, 11) is 0. The zero-order valence-electron chi connectivity index (χ0n) is 10.9. The highest BCUT2D eigenvalue weighted by atomic mass is 16.5. The van der Waals surface area contributed by atoms with Gasteiger partial charge in [0.25, 0.3) is 0 Å². The molecule has 0 aromatic heterocycles. The molecule has 2 aliphatic rings. The van der Waals surface area contributed by atoms with Gasteiger partial charge in [-0.1, -0.05) is 0 Å². The van der Waals surface area contributed by atoms with Gasteiger partial charge in [0.2, 0.25) is 0 Å². The summed E-state index contributed by atoms with van der Waals surface area (Å²) in [6.45, 7) is 2.79. The molecule has 2 aliphatic heterocycles. The van der Waals surface area contributed by atoms with E-state index in [-0.39, 0.29) is 5.78 Å². The van der Waals surface area contributed by atoms with Crippen molar-refractivity contribution in [2.75, 3.05) is 13.2 Å². The Morgan fingerprint density at radius 3 is 2.58 bits per heavy atom. The number of rotatable bonds is 3. The molecule has 0 aliphatic carbocycles. The molecule has 19 heavy (non-hydrogen) atoms. The van der Waals surface area contributed by atoms with Gasteiger partial charge in [-0.15, -0.1) is 0 Å². The first kappa shape index (κ1) is 12.0. The minimum atomic E-state index is 0.0340. The highest BCUT2D eigenvalue weighted by molar-refractivity contribution is 6.00. The fourth-order valence-electron chi connectivity index (χ4n) is 3.02. The molecule has 0 radical (unpaired) electrons. The molecule has 0 fully saturated rings. The lowest BCUT2D eigenvalue weighted by Gasteiger charge is -2.15. The van der Waals surface area contributed by atoms with Crippen LogP contribution in [0.25, 0.3) is 0 Å². The van der Waals surface area contributed by atoms with Crippen molar-refractivity contribution in [3.05, 3.63) is 22.3 Å². The number of carbonyl (C=O) groups excluding carboxylic acids is 1. The van der Waals surface area contributed by atoms with E-state index in [0.29, 0.717) is 31.6 Å². The predicted molar refractivity (Wildman–Crippen MR) is 68.8 cm³/mol. The maximum Gasteiger partial charge on any atom is 0.163 e. The molecule has 0 saturated carbocycles. The van der Waals surface area contributed by atoms with Crippen LogP contribution in [0.1, 0.15) is 40.4 Å². The molecule has 0 saturated heterocycles. The molecule has 0 amide bonds. The van der Waals surface area contributed by atoms with E-state index in [1.54, 1.807) is 6.92 Å². The smallest absolute Gasteiger partial charge is 0.163 e. The largest absolute Gasteiger partial charge is 0.493 e. The van der Waals surface area contributed by atoms with Crippen molar-refractivity contribution in [2.45, 2.75) is 32.6 Å². The Morgan fingerprint density at radius 1 is 1.21 bits per heavy atom. The second-order valence-electron chi connectivity index (χ2n) is 4.88. The zero-order chi connectivity index (χ0) is 13.4. The highest BCUT2D eigenvalue weighted by Crippen LogP contribution is 2.45. The van der Waals surface area contributed by atoms with Crippen molar-refractivity contribution in [1.29, 1.82) is 5.26 Å². The topological polar surface area (TPSA) is 59.3 Å². The quantitative estimate of drug-likeness (QED) is 0.779. The summed E-state index contributed by atoms with van der Waals surface area (Å²) in [5, 5.41) is 8.79. The van der Waals surface area contributed by atoms with Crippen LogP contribution >= 0.6 is 0 Å². The van der Waals surface area contributed by atoms with Crippen LogP contribution in [-0.4, -0.2) is 19.0 Å². The molecule has 3 rings (SSSR count). The van der Waals surface area contributed by atoms with Gasteiger partial charge in [0, 0.05) is 36.0 Å². The molecule has 1 aromatic carbocycles. The van der Waals surface area contributed by atoms with Gasteiger partial charge < -0.3 is 9.47 Å². The van der Waals surface area contributed by atoms with Gasteiger partial charge >= 0.3 is 0 Å². The summed E-state index contributed by atoms with van der Waals surface area (Å²) in [4.78, 5) is 11.9. The molecule has 1 aromatic rings. The predicted octanol–water partition coefficient (Wildman–Crippen LogP) is 2.22. The van der Waals surface area contributed by atoms with Crippen LogP contribution in [0, 0.1) is 11.3 Å². The van der Waals surface area contributed by atoms with Gasteiger partial charge in [-0.25, -0.2) is 0 Å². The minimum absolute atomic E-state index is 0.0340. The number of benzene rings is 1. The van der Waals surface area contributed by atoms with Gasteiger partial charge in [0.05, 0.1) is 24.8 Å². The Balaban J connectivity index is 2.22. The van der Waals surface area contributed by atoms with Crippen molar-refractivity contribution in [3.63, 3.8) is 0 Å². The number of ketones is 1. The third kappa shape index (κ3) is 1.77. The van der Waals surface area contributed by atoms with E-state index in [1.807, 2.05) is 0 Å². The molecule has 0 unspecified atom stereocenters. The number of hydrogen-bond acceptors (Lipinski definition) is 4. The number of nitrogens with zero attached hydrogens (tertiary/aromatic N) is 1. The number of ether oxygens (including phenoxy) is 2. The fourth-order valence-corrected chi connectivity index (χ4v) is 3.02. The molecule has 0 atom stereocenters. The number of nitriles is 1. The average molecular weight is 257 g/mol. The highest BCUT2D eigenvalue weighted by Gasteiger charge is 2.32. The van der Waals surface area contributed by atoms with Crippen molar-refractivity contribution in [3.8, 4) is 17.6 Å². The summed E-state index contributed by atoms with van der Waals surface area (Å²) >= 11 is 0. The Hall–Kier alpha value is -2.02. The number of carbonyl (C=O) groups is 1. The van der Waals surface area contributed by atoms with Gasteiger partial charge in [0.1, 0.15) is 11.5 Å². The fraction of sp³-hybridized carbons (Fsp3) is 0.467. The summed E-state index contributed by atoms with van der Waals surface area (Å²) in [6, 6.07) is 2.17. The van der Waals surface area contributed by atoms with Crippen molar-refractivity contribution >= 4 is 5.78 Å². The third-order valence-electron chi connectivity index (χ3n) is 3.75. The van der Waals surface area contributed by atoms with E-state index in [1.165, 1.54) is 0 Å². The maximum atomic E-state index is 11.9. The molecular formula is C15H15NO3. The monoisotopic (exact) mass is 257 g/mol. The van der Waals surface area contributed by atoms with Gasteiger partial charge in [-0.05, 0) is 13.3 Å². The minimum Gasteiger partial charge on any atom is -0.493 e. The lowest BCUT2D eigenvalue weighted by Crippen LogP contribution is -2.04. The van der Waals surface area contributed by atoms with Gasteiger partial charge in [0.15, 0.2) is 5.78 Å². The molecule has 0 spiro atoms. The van der Waals surface area contributed by atoms with Crippen LogP contribution in [0.2, 0.25) is 0 Å². The molecule has 4 nitrogen and oxygen atoms in total. The van der Waals surface area contributed by atoms with Crippen LogP contribution in [0.15, 0.2) is 0 Å². The second-order valence-corrected chi connectivity index (χ2v) is 4.88. The van der Waals surface area contributed by atoms with E-state index in [9.17, 15) is 4.79 Å². The van der Waals surface area contributed by atoms with Crippen molar-refractivity contribution in [1.82, 2.24) is 0 Å².